The van der Waals surface area contributed by atoms with Crippen LogP contribution in [0.15, 0.2) is 417 Å². The second kappa shape index (κ2) is 28.4. The van der Waals surface area contributed by atoms with E-state index in [2.05, 4.69) is 447 Å². The third-order valence-electron chi connectivity index (χ3n) is 23.1. The molecule has 0 fully saturated rings. The van der Waals surface area contributed by atoms with Crippen molar-refractivity contribution in [2.75, 3.05) is 0 Å². The Morgan fingerprint density at radius 3 is 0.913 bits per heavy atom. The Labute approximate surface area is 680 Å². The highest BCUT2D eigenvalue weighted by Crippen LogP contribution is 2.45. The van der Waals surface area contributed by atoms with Gasteiger partial charge in [-0.3, -0.25) is 0 Å². The van der Waals surface area contributed by atoms with Crippen LogP contribution in [0.2, 0.25) is 0 Å². The number of hydrogen-bond acceptors (Lipinski definition) is 2. The minimum atomic E-state index is 1.12. The van der Waals surface area contributed by atoms with Crippen LogP contribution >= 0.6 is 38.6 Å². The molecule has 0 spiro atoms. The van der Waals surface area contributed by atoms with Crippen molar-refractivity contribution in [3.05, 3.63) is 417 Å². The normalized spacial score (nSPS) is 11.7. The smallest absolute Gasteiger partial charge is 0.0541 e. The lowest BCUT2D eigenvalue weighted by Crippen LogP contribution is -1.94. The Balaban J connectivity index is 0.000000118. The molecule has 0 aliphatic rings. The highest BCUT2D eigenvalue weighted by Gasteiger charge is 2.20. The molecular weight excluding hydrogens is 1500 g/mol. The molecule has 1 N–H and O–H groups in total. The lowest BCUT2D eigenvalue weighted by Gasteiger charge is -2.11. The second-order valence-electron chi connectivity index (χ2n) is 29.6. The van der Waals surface area contributed by atoms with E-state index in [9.17, 15) is 0 Å². The molecule has 24 aromatic rings. The summed E-state index contributed by atoms with van der Waals surface area (Å²) >= 11 is 7.26. The van der Waals surface area contributed by atoms with Crippen molar-refractivity contribution in [2.24, 2.45) is 0 Å². The molecule has 0 bridgehead atoms. The van der Waals surface area contributed by atoms with Crippen molar-refractivity contribution in [1.82, 2.24) is 18.7 Å². The molecule has 6 aromatic heterocycles. The number of thiophene rings is 2. The minimum Gasteiger partial charge on any atom is -0.355 e. The summed E-state index contributed by atoms with van der Waals surface area (Å²) in [6, 6.07) is 150. The lowest BCUT2D eigenvalue weighted by molar-refractivity contribution is 1.18. The number of rotatable bonds is 9. The van der Waals surface area contributed by atoms with Crippen molar-refractivity contribution >= 4 is 166 Å². The maximum Gasteiger partial charge on any atom is 0.0541 e. The first-order chi connectivity index (χ1) is 56.9. The zero-order chi connectivity index (χ0) is 76.0. The molecule has 6 heterocycles. The van der Waals surface area contributed by atoms with E-state index in [1.807, 2.05) is 22.7 Å². The first-order valence-corrected chi connectivity index (χ1v) is 41.5. The molecule has 24 rings (SSSR count). The van der Waals surface area contributed by atoms with Crippen molar-refractivity contribution in [2.45, 2.75) is 0 Å². The van der Waals surface area contributed by atoms with Gasteiger partial charge in [0.2, 0.25) is 0 Å². The topological polar surface area (TPSA) is 30.6 Å². The molecule has 4 nitrogen and oxygen atoms in total. The summed E-state index contributed by atoms with van der Waals surface area (Å²) in [5, 5.41) is 15.4. The standard InChI is InChI=1S/C54H34N2S.C36H24N2.C18H11BrS/c1-2-11-35(12-3-1)36-21-27-40(28-22-36)55-49-18-7-4-13-43(49)47-33-38(25-31-51(47)55)39-26-32-52-48(34-39)44-14-5-8-19-50(44)56(52)41-29-23-37(24-30-41)42-16-10-17-46-45-15-6-9-20-53(45)57-54(42)46;1-2-8-24(9-3-1)25-14-18-28(19-15-25)38-35-13-7-5-11-30(35)32-23-27(17-21-36(32)38)26-16-20-34-31(22-26)29-10-4-6-12-33(29)37-34;19-13-10-8-12(9-11-13)14-5-3-6-16-15-4-1-2-7-17(15)20-18(14)16/h1-34H;1-23,37H;1-11H. The molecule has 0 saturated heterocycles. The number of aromatic amines is 1. The van der Waals surface area contributed by atoms with E-state index in [0.29, 0.717) is 0 Å². The van der Waals surface area contributed by atoms with Crippen molar-refractivity contribution < 1.29 is 0 Å². The average molecular weight is 1570 g/mol. The summed E-state index contributed by atoms with van der Waals surface area (Å²) in [5.74, 6) is 0. The third kappa shape index (κ3) is 11.9. The summed E-state index contributed by atoms with van der Waals surface area (Å²) in [5.41, 5.74) is 28.0. The molecule has 0 radical (unpaired) electrons. The van der Waals surface area contributed by atoms with Crippen molar-refractivity contribution in [3.63, 3.8) is 0 Å². The first kappa shape index (κ1) is 67.9. The summed E-state index contributed by atoms with van der Waals surface area (Å²) < 4.78 is 13.7. The maximum atomic E-state index is 3.54. The number of aromatic nitrogens is 4. The Kier molecular flexibility index (Phi) is 16.8. The van der Waals surface area contributed by atoms with E-state index >= 15 is 0 Å². The first-order valence-electron chi connectivity index (χ1n) is 39.0. The van der Waals surface area contributed by atoms with Gasteiger partial charge in [0.25, 0.3) is 0 Å². The SMILES string of the molecule is Brc1ccc(-c2cccc3c2sc2ccccc23)cc1.c1ccc(-c2ccc(-n3c4ccccc4c4cc(-c5ccc6[nH]c7ccccc7c6c5)ccc43)cc2)cc1.c1ccc(-c2ccc(-n3c4ccccc4c4cc(-c5ccc6c(c5)c5ccccc5n6-c5ccc(-c6cccc7c6sc6ccccc67)cc5)ccc43)cc2)cc1. The van der Waals surface area contributed by atoms with Crippen LogP contribution < -0.4 is 0 Å². The van der Waals surface area contributed by atoms with E-state index in [-0.39, 0.29) is 0 Å². The molecule has 0 aliphatic heterocycles. The monoisotopic (exact) mass is 1560 g/mol. The molecule has 0 atom stereocenters. The van der Waals surface area contributed by atoms with Gasteiger partial charge in [-0.25, -0.2) is 0 Å². The van der Waals surface area contributed by atoms with Gasteiger partial charge < -0.3 is 18.7 Å². The van der Waals surface area contributed by atoms with Gasteiger partial charge in [-0.1, -0.05) is 295 Å². The summed E-state index contributed by atoms with van der Waals surface area (Å²) in [4.78, 5) is 3.54. The predicted octanol–water partition coefficient (Wildman–Crippen LogP) is 31.5. The highest BCUT2D eigenvalue weighted by atomic mass is 79.9. The molecule has 0 unspecified atom stereocenters. The summed E-state index contributed by atoms with van der Waals surface area (Å²) in [6.45, 7) is 0. The fraction of sp³-hybridized carbons (Fsp3) is 0. The van der Waals surface area contributed by atoms with Gasteiger partial charge >= 0.3 is 0 Å². The highest BCUT2D eigenvalue weighted by molar-refractivity contribution is 9.10. The summed E-state index contributed by atoms with van der Waals surface area (Å²) in [7, 11) is 0. The number of benzene rings is 18. The molecular formula is C108H69BrN4S2. The number of halogens is 1. The van der Waals surface area contributed by atoms with Gasteiger partial charge in [-0.05, 0) is 200 Å². The van der Waals surface area contributed by atoms with E-state index < -0.39 is 0 Å². The summed E-state index contributed by atoms with van der Waals surface area (Å²) in [6.07, 6.45) is 0. The number of fused-ring (bicyclic) bond motifs is 18. The number of para-hydroxylation sites is 4. The zero-order valence-corrected chi connectivity index (χ0v) is 65.5. The lowest BCUT2D eigenvalue weighted by atomic mass is 10.0. The van der Waals surface area contributed by atoms with Crippen LogP contribution in [0.25, 0.3) is 211 Å². The Bertz CT molecular complexity index is 7880. The number of nitrogens with one attached hydrogen (secondary N) is 1. The molecule has 0 saturated carbocycles. The molecule has 0 aliphatic carbocycles. The zero-order valence-electron chi connectivity index (χ0n) is 62.3. The van der Waals surface area contributed by atoms with Gasteiger partial charge in [0.1, 0.15) is 0 Å². The van der Waals surface area contributed by atoms with Crippen LogP contribution in [0.5, 0.6) is 0 Å². The van der Waals surface area contributed by atoms with Gasteiger partial charge in [-0.15, -0.1) is 22.7 Å². The van der Waals surface area contributed by atoms with E-state index in [1.54, 1.807) is 0 Å². The van der Waals surface area contributed by atoms with E-state index in [4.69, 9.17) is 0 Å². The van der Waals surface area contributed by atoms with Gasteiger partial charge in [-0.2, -0.15) is 0 Å². The van der Waals surface area contributed by atoms with Gasteiger partial charge in [0, 0.05) is 116 Å². The van der Waals surface area contributed by atoms with Crippen LogP contribution in [-0.2, 0) is 0 Å². The van der Waals surface area contributed by atoms with Crippen LogP contribution in [-0.4, -0.2) is 18.7 Å². The van der Waals surface area contributed by atoms with Crippen LogP contribution in [0.3, 0.4) is 0 Å². The van der Waals surface area contributed by atoms with Crippen LogP contribution in [0, 0.1) is 0 Å². The Morgan fingerprint density at radius 1 is 0.191 bits per heavy atom. The van der Waals surface area contributed by atoms with Gasteiger partial charge in [0.05, 0.1) is 33.1 Å². The Hall–Kier alpha value is -13.9. The van der Waals surface area contributed by atoms with Gasteiger partial charge in [0.15, 0.2) is 0 Å². The second-order valence-corrected chi connectivity index (χ2v) is 32.6. The molecule has 7 heteroatoms. The van der Waals surface area contributed by atoms with Crippen LogP contribution in [0.4, 0.5) is 0 Å². The molecule has 540 valence electrons. The number of H-pyrrole nitrogens is 1. The van der Waals surface area contributed by atoms with E-state index in [1.165, 1.54) is 200 Å². The predicted molar refractivity (Wildman–Crippen MR) is 498 cm³/mol. The fourth-order valence-corrected chi connectivity index (χ4v) is 20.3. The quantitative estimate of drug-likeness (QED) is 0.149. The third-order valence-corrected chi connectivity index (χ3v) is 26.0. The van der Waals surface area contributed by atoms with E-state index in [0.717, 1.165) is 15.8 Å². The van der Waals surface area contributed by atoms with Crippen molar-refractivity contribution in [1.29, 1.82) is 0 Å². The fourth-order valence-electron chi connectivity index (χ4n) is 17.6. The largest absolute Gasteiger partial charge is 0.355 e. The minimum absolute atomic E-state index is 1.12. The van der Waals surface area contributed by atoms with Crippen molar-refractivity contribution in [3.8, 4) is 83.8 Å². The molecule has 115 heavy (non-hydrogen) atoms. The number of nitrogens with zero attached hydrogens (tertiary/aromatic N) is 3. The average Bonchev–Trinajstić information content (AvgIpc) is 1.58. The molecule has 0 amide bonds. The van der Waals surface area contributed by atoms with Crippen LogP contribution in [0.1, 0.15) is 0 Å². The maximum absolute atomic E-state index is 3.54. The number of hydrogen-bond donors (Lipinski definition) is 1. The Morgan fingerprint density at radius 2 is 0.487 bits per heavy atom. The molecule has 18 aromatic carbocycles.